The van der Waals surface area contributed by atoms with Crippen LogP contribution >= 0.6 is 0 Å². The molecule has 0 fully saturated rings. The quantitative estimate of drug-likeness (QED) is 0.619. The monoisotopic (exact) mass is 188 g/mol. The first-order valence-electron chi connectivity index (χ1n) is 4.74. The van der Waals surface area contributed by atoms with Crippen LogP contribution in [0.15, 0.2) is 0 Å². The van der Waals surface area contributed by atoms with Crippen molar-refractivity contribution in [3.63, 3.8) is 0 Å². The van der Waals surface area contributed by atoms with E-state index in [4.69, 9.17) is 9.47 Å². The standard InChI is InChI=1S/C10H20O3/c1-7(2)9(5)12-6-10(11)13-8(3)4/h7-9H,6H2,1-5H3. The van der Waals surface area contributed by atoms with E-state index in [2.05, 4.69) is 13.8 Å². The van der Waals surface area contributed by atoms with Gasteiger partial charge in [-0.05, 0) is 26.7 Å². The average Bonchev–Trinajstić information content (AvgIpc) is 1.98. The van der Waals surface area contributed by atoms with E-state index < -0.39 is 0 Å². The van der Waals surface area contributed by atoms with Crippen LogP contribution < -0.4 is 0 Å². The topological polar surface area (TPSA) is 35.5 Å². The van der Waals surface area contributed by atoms with E-state index in [-0.39, 0.29) is 24.8 Å². The molecule has 0 rings (SSSR count). The van der Waals surface area contributed by atoms with Gasteiger partial charge in [-0.3, -0.25) is 0 Å². The third-order valence-electron chi connectivity index (χ3n) is 1.77. The van der Waals surface area contributed by atoms with Gasteiger partial charge in [-0.2, -0.15) is 0 Å². The Hall–Kier alpha value is -0.570. The van der Waals surface area contributed by atoms with Gasteiger partial charge in [0, 0.05) is 0 Å². The van der Waals surface area contributed by atoms with Gasteiger partial charge in [0.15, 0.2) is 0 Å². The Bertz CT molecular complexity index is 152. The molecule has 0 aromatic rings. The Morgan fingerprint density at radius 1 is 1.15 bits per heavy atom. The van der Waals surface area contributed by atoms with Gasteiger partial charge in [0.25, 0.3) is 0 Å². The number of esters is 1. The summed E-state index contributed by atoms with van der Waals surface area (Å²) >= 11 is 0. The maximum absolute atomic E-state index is 11.0. The lowest BCUT2D eigenvalue weighted by Crippen LogP contribution is -2.23. The Balaban J connectivity index is 3.58. The lowest BCUT2D eigenvalue weighted by atomic mass is 10.1. The van der Waals surface area contributed by atoms with Crippen LogP contribution in [-0.4, -0.2) is 24.8 Å². The van der Waals surface area contributed by atoms with Gasteiger partial charge < -0.3 is 9.47 Å². The second kappa shape index (κ2) is 5.97. The van der Waals surface area contributed by atoms with Crippen LogP contribution in [0, 0.1) is 5.92 Å². The molecule has 0 aromatic heterocycles. The number of carbonyl (C=O) groups excluding carboxylic acids is 1. The van der Waals surface area contributed by atoms with Crippen molar-refractivity contribution in [1.29, 1.82) is 0 Å². The third-order valence-corrected chi connectivity index (χ3v) is 1.77. The molecule has 0 saturated carbocycles. The molecular weight excluding hydrogens is 168 g/mol. The van der Waals surface area contributed by atoms with E-state index in [0.717, 1.165) is 0 Å². The zero-order valence-corrected chi connectivity index (χ0v) is 9.16. The predicted molar refractivity (Wildman–Crippen MR) is 51.5 cm³/mol. The molecule has 1 unspecified atom stereocenters. The van der Waals surface area contributed by atoms with Gasteiger partial charge in [0.1, 0.15) is 6.61 Å². The first-order valence-corrected chi connectivity index (χ1v) is 4.74. The van der Waals surface area contributed by atoms with Crippen LogP contribution in [-0.2, 0) is 14.3 Å². The van der Waals surface area contributed by atoms with Gasteiger partial charge in [-0.15, -0.1) is 0 Å². The second-order valence-electron chi connectivity index (χ2n) is 3.80. The minimum atomic E-state index is -0.289. The van der Waals surface area contributed by atoms with Crippen LogP contribution in [0.25, 0.3) is 0 Å². The smallest absolute Gasteiger partial charge is 0.332 e. The van der Waals surface area contributed by atoms with E-state index in [1.807, 2.05) is 20.8 Å². The molecule has 78 valence electrons. The molecule has 0 spiro atoms. The van der Waals surface area contributed by atoms with Crippen molar-refractivity contribution < 1.29 is 14.3 Å². The summed E-state index contributed by atoms with van der Waals surface area (Å²) in [6.45, 7) is 9.76. The average molecular weight is 188 g/mol. The minimum absolute atomic E-state index is 0.0531. The lowest BCUT2D eigenvalue weighted by Gasteiger charge is -2.16. The Morgan fingerprint density at radius 3 is 2.08 bits per heavy atom. The fraction of sp³-hybridized carbons (Fsp3) is 0.900. The summed E-state index contributed by atoms with van der Waals surface area (Å²) in [5.41, 5.74) is 0. The summed E-state index contributed by atoms with van der Waals surface area (Å²) < 4.78 is 10.2. The second-order valence-corrected chi connectivity index (χ2v) is 3.80. The Kier molecular flexibility index (Phi) is 5.71. The molecule has 3 nitrogen and oxygen atoms in total. The maximum Gasteiger partial charge on any atom is 0.332 e. The van der Waals surface area contributed by atoms with E-state index >= 15 is 0 Å². The summed E-state index contributed by atoms with van der Waals surface area (Å²) in [7, 11) is 0. The summed E-state index contributed by atoms with van der Waals surface area (Å²) in [6, 6.07) is 0. The molecule has 0 bridgehead atoms. The van der Waals surface area contributed by atoms with E-state index in [1.165, 1.54) is 0 Å². The van der Waals surface area contributed by atoms with Crippen LogP contribution in [0.2, 0.25) is 0 Å². The van der Waals surface area contributed by atoms with E-state index in [1.54, 1.807) is 0 Å². The fourth-order valence-electron chi connectivity index (χ4n) is 0.689. The van der Waals surface area contributed by atoms with Crippen LogP contribution in [0.3, 0.4) is 0 Å². The van der Waals surface area contributed by atoms with Crippen molar-refractivity contribution in [3.8, 4) is 0 Å². The highest BCUT2D eigenvalue weighted by Gasteiger charge is 2.11. The normalized spacial score (nSPS) is 13.5. The molecule has 0 aromatic carbocycles. The Labute approximate surface area is 80.4 Å². The van der Waals surface area contributed by atoms with Crippen molar-refractivity contribution in [2.45, 2.75) is 46.8 Å². The van der Waals surface area contributed by atoms with Crippen molar-refractivity contribution >= 4 is 5.97 Å². The number of hydrogen-bond acceptors (Lipinski definition) is 3. The predicted octanol–water partition coefficient (Wildman–Crippen LogP) is 2.00. The van der Waals surface area contributed by atoms with Gasteiger partial charge in [0.05, 0.1) is 12.2 Å². The molecule has 0 aliphatic carbocycles. The van der Waals surface area contributed by atoms with Gasteiger partial charge in [-0.25, -0.2) is 4.79 Å². The third kappa shape index (κ3) is 6.58. The number of ether oxygens (including phenoxy) is 2. The number of rotatable bonds is 5. The summed E-state index contributed by atoms with van der Waals surface area (Å²) in [4.78, 5) is 11.0. The molecule has 0 heterocycles. The molecule has 13 heavy (non-hydrogen) atoms. The SMILES string of the molecule is CC(C)OC(=O)COC(C)C(C)C. The van der Waals surface area contributed by atoms with Crippen molar-refractivity contribution in [3.05, 3.63) is 0 Å². The van der Waals surface area contributed by atoms with Crippen molar-refractivity contribution in [2.75, 3.05) is 6.61 Å². The zero-order valence-electron chi connectivity index (χ0n) is 9.16. The van der Waals surface area contributed by atoms with Gasteiger partial charge >= 0.3 is 5.97 Å². The number of carbonyl (C=O) groups is 1. The van der Waals surface area contributed by atoms with Gasteiger partial charge in [0.2, 0.25) is 0 Å². The molecule has 0 radical (unpaired) electrons. The first-order chi connectivity index (χ1) is 5.93. The van der Waals surface area contributed by atoms with E-state index in [9.17, 15) is 4.79 Å². The van der Waals surface area contributed by atoms with Crippen LogP contribution in [0.4, 0.5) is 0 Å². The highest BCUT2D eigenvalue weighted by molar-refractivity contribution is 5.70. The molecular formula is C10H20O3. The highest BCUT2D eigenvalue weighted by atomic mass is 16.6. The molecule has 0 aliphatic rings. The maximum atomic E-state index is 11.0. The summed E-state index contributed by atoms with van der Waals surface area (Å²) in [5.74, 6) is 0.134. The molecule has 0 N–H and O–H groups in total. The molecule has 0 aliphatic heterocycles. The van der Waals surface area contributed by atoms with Crippen LogP contribution in [0.5, 0.6) is 0 Å². The van der Waals surface area contributed by atoms with E-state index in [0.29, 0.717) is 5.92 Å². The van der Waals surface area contributed by atoms with Crippen molar-refractivity contribution in [1.82, 2.24) is 0 Å². The summed E-state index contributed by atoms with van der Waals surface area (Å²) in [6.07, 6.45) is 0.0326. The minimum Gasteiger partial charge on any atom is -0.461 e. The molecule has 1 atom stereocenters. The molecule has 0 saturated heterocycles. The van der Waals surface area contributed by atoms with Crippen molar-refractivity contribution in [2.24, 2.45) is 5.92 Å². The summed E-state index contributed by atoms with van der Waals surface area (Å²) in [5, 5.41) is 0. The van der Waals surface area contributed by atoms with Crippen LogP contribution in [0.1, 0.15) is 34.6 Å². The zero-order chi connectivity index (χ0) is 10.4. The number of hydrogen-bond donors (Lipinski definition) is 0. The highest BCUT2D eigenvalue weighted by Crippen LogP contribution is 2.05. The van der Waals surface area contributed by atoms with Gasteiger partial charge in [-0.1, -0.05) is 13.8 Å². The fourth-order valence-corrected chi connectivity index (χ4v) is 0.689. The Morgan fingerprint density at radius 2 is 1.69 bits per heavy atom. The lowest BCUT2D eigenvalue weighted by molar-refractivity contribution is -0.155. The first kappa shape index (κ1) is 12.4. The largest absolute Gasteiger partial charge is 0.461 e. The molecule has 0 amide bonds. The molecule has 3 heteroatoms.